The molecule has 0 bridgehead atoms. The summed E-state index contributed by atoms with van der Waals surface area (Å²) in [5, 5.41) is 0. The second-order valence-corrected chi connectivity index (χ2v) is 4.32. The van der Waals surface area contributed by atoms with Crippen molar-refractivity contribution in [2.45, 2.75) is 0 Å². The van der Waals surface area contributed by atoms with Crippen molar-refractivity contribution >= 4 is 5.57 Å². The molecule has 2 radical (unpaired) electrons. The van der Waals surface area contributed by atoms with E-state index in [2.05, 4.69) is 55.5 Å². The Labute approximate surface area is 138 Å². The first-order chi connectivity index (χ1) is 9.92. The van der Waals surface area contributed by atoms with Crippen LogP contribution in [0.25, 0.3) is 5.57 Å². The summed E-state index contributed by atoms with van der Waals surface area (Å²) in [6, 6.07) is 10.4. The van der Waals surface area contributed by atoms with E-state index < -0.39 is 0 Å². The molecular weight excluding hydrogens is 296 g/mol. The number of allylic oxidation sites excluding steroid dienone is 11. The van der Waals surface area contributed by atoms with Crippen LogP contribution in [-0.2, 0) is 17.1 Å². The maximum atomic E-state index is 3.76. The molecular formula is C20H18Fe. The van der Waals surface area contributed by atoms with E-state index in [9.17, 15) is 0 Å². The van der Waals surface area contributed by atoms with E-state index in [4.69, 9.17) is 0 Å². The van der Waals surface area contributed by atoms with Crippen LogP contribution in [0.4, 0.5) is 0 Å². The van der Waals surface area contributed by atoms with Gasteiger partial charge in [-0.15, -0.1) is 0 Å². The van der Waals surface area contributed by atoms with Crippen molar-refractivity contribution in [3.63, 3.8) is 0 Å². The quantitative estimate of drug-likeness (QED) is 0.526. The van der Waals surface area contributed by atoms with Gasteiger partial charge in [-0.3, -0.25) is 0 Å². The van der Waals surface area contributed by atoms with Crippen LogP contribution >= 0.6 is 0 Å². The number of hydrogen-bond donors (Lipinski definition) is 0. The summed E-state index contributed by atoms with van der Waals surface area (Å²) in [4.78, 5) is 0. The van der Waals surface area contributed by atoms with Crippen LogP contribution in [0.3, 0.4) is 0 Å². The third kappa shape index (κ3) is 5.59. The number of hydrogen-bond acceptors (Lipinski definition) is 0. The van der Waals surface area contributed by atoms with Crippen LogP contribution < -0.4 is 0 Å². The third-order valence-corrected chi connectivity index (χ3v) is 2.90. The van der Waals surface area contributed by atoms with Gasteiger partial charge < -0.3 is 0 Å². The zero-order chi connectivity index (χ0) is 14.0. The van der Waals surface area contributed by atoms with Gasteiger partial charge in [-0.2, -0.15) is 0 Å². The van der Waals surface area contributed by atoms with Gasteiger partial charge in [-0.25, -0.2) is 0 Å². The van der Waals surface area contributed by atoms with E-state index in [0.717, 1.165) is 0 Å². The first-order valence-electron chi connectivity index (χ1n) is 6.68. The van der Waals surface area contributed by atoms with E-state index in [1.54, 1.807) is 0 Å². The van der Waals surface area contributed by atoms with Gasteiger partial charge in [0, 0.05) is 29.9 Å². The Balaban J connectivity index is 0.000000313. The van der Waals surface area contributed by atoms with Crippen molar-refractivity contribution in [2.24, 2.45) is 0 Å². The molecule has 0 unspecified atom stereocenters. The molecule has 21 heavy (non-hydrogen) atoms. The maximum Gasteiger partial charge on any atom is 0.00571 e. The first kappa shape index (κ1) is 17.2. The van der Waals surface area contributed by atoms with Gasteiger partial charge in [0.2, 0.25) is 0 Å². The van der Waals surface area contributed by atoms with E-state index in [1.165, 1.54) is 16.7 Å². The minimum Gasteiger partial charge on any atom is -0.0990 e. The zero-order valence-corrected chi connectivity index (χ0v) is 12.9. The molecule has 0 atom stereocenters. The van der Waals surface area contributed by atoms with Crippen molar-refractivity contribution in [1.82, 2.24) is 0 Å². The summed E-state index contributed by atoms with van der Waals surface area (Å²) >= 11 is 0. The third-order valence-electron chi connectivity index (χ3n) is 2.90. The fourth-order valence-electron chi connectivity index (χ4n) is 1.97. The van der Waals surface area contributed by atoms with Crippen LogP contribution in [0.1, 0.15) is 5.56 Å². The Morgan fingerprint density at radius 3 is 2.05 bits per heavy atom. The van der Waals surface area contributed by atoms with Crippen molar-refractivity contribution in [2.75, 3.05) is 0 Å². The van der Waals surface area contributed by atoms with E-state index in [1.807, 2.05) is 48.9 Å². The summed E-state index contributed by atoms with van der Waals surface area (Å²) in [7, 11) is 0. The Morgan fingerprint density at radius 1 is 0.857 bits per heavy atom. The molecule has 0 amide bonds. The van der Waals surface area contributed by atoms with Crippen LogP contribution in [0.5, 0.6) is 0 Å². The Kier molecular flexibility index (Phi) is 8.19. The number of rotatable bonds is 3. The maximum absolute atomic E-state index is 3.76. The van der Waals surface area contributed by atoms with E-state index in [0.29, 0.717) is 0 Å². The summed E-state index contributed by atoms with van der Waals surface area (Å²) in [5.41, 5.74) is 3.68. The average molecular weight is 314 g/mol. The molecule has 1 heteroatoms. The van der Waals surface area contributed by atoms with Gasteiger partial charge in [0.05, 0.1) is 0 Å². The summed E-state index contributed by atoms with van der Waals surface area (Å²) in [6.45, 7) is 3.76. The Hall–Kier alpha value is -1.82. The molecule has 0 spiro atoms. The minimum absolute atomic E-state index is 0. The minimum atomic E-state index is 0. The van der Waals surface area contributed by atoms with Gasteiger partial charge in [-0.05, 0) is 16.7 Å². The largest absolute Gasteiger partial charge is 0.0990 e. The number of benzene rings is 1. The molecule has 0 N–H and O–H groups in total. The predicted molar refractivity (Wildman–Crippen MR) is 88.7 cm³/mol. The fraction of sp³-hybridized carbons (Fsp3) is 0. The summed E-state index contributed by atoms with van der Waals surface area (Å²) in [5.74, 6) is 0. The van der Waals surface area contributed by atoms with Crippen molar-refractivity contribution < 1.29 is 17.1 Å². The van der Waals surface area contributed by atoms with Crippen molar-refractivity contribution in [3.8, 4) is 0 Å². The zero-order valence-electron chi connectivity index (χ0n) is 11.8. The molecule has 2 aliphatic carbocycles. The van der Waals surface area contributed by atoms with Gasteiger partial charge >= 0.3 is 0 Å². The molecule has 0 fully saturated rings. The smallest absolute Gasteiger partial charge is 0.00571 e. The SMILES string of the molecule is C=C/C=C(\C1=C[CH]C=C1)c1ccccc1.[CH]1C=CC=C1.[Fe]. The molecule has 0 aliphatic heterocycles. The standard InChI is InChI=1S/C15H13.C5H5.Fe/c1-2-8-15(14-11-6-7-12-14)13-9-4-3-5-10-13;1-2-4-5-3-1;/h2-12H,1H2;1-5H;/b15-8-;;. The molecule has 106 valence electrons. The van der Waals surface area contributed by atoms with Crippen LogP contribution in [-0.4, -0.2) is 0 Å². The molecule has 0 nitrogen and oxygen atoms in total. The van der Waals surface area contributed by atoms with E-state index >= 15 is 0 Å². The van der Waals surface area contributed by atoms with Crippen LogP contribution in [0.2, 0.25) is 0 Å². The first-order valence-corrected chi connectivity index (χ1v) is 6.68. The Bertz CT molecular complexity index is 574. The monoisotopic (exact) mass is 314 g/mol. The molecule has 3 rings (SSSR count). The molecule has 0 heterocycles. The summed E-state index contributed by atoms with van der Waals surface area (Å²) in [6.07, 6.45) is 22.2. The summed E-state index contributed by atoms with van der Waals surface area (Å²) < 4.78 is 0. The molecule has 2 aliphatic rings. The molecule has 0 aromatic heterocycles. The van der Waals surface area contributed by atoms with Crippen molar-refractivity contribution in [1.29, 1.82) is 0 Å². The molecule has 0 saturated carbocycles. The molecule has 0 saturated heterocycles. The van der Waals surface area contributed by atoms with Crippen molar-refractivity contribution in [3.05, 3.63) is 116 Å². The van der Waals surface area contributed by atoms with E-state index in [-0.39, 0.29) is 17.1 Å². The topological polar surface area (TPSA) is 0 Å². The second kappa shape index (κ2) is 9.99. The van der Waals surface area contributed by atoms with Gasteiger partial charge in [-0.1, -0.05) is 91.6 Å². The van der Waals surface area contributed by atoms with Gasteiger partial charge in [0.15, 0.2) is 0 Å². The van der Waals surface area contributed by atoms with Gasteiger partial charge in [0.1, 0.15) is 0 Å². The predicted octanol–water partition coefficient (Wildman–Crippen LogP) is 5.27. The fourth-order valence-corrected chi connectivity index (χ4v) is 1.97. The van der Waals surface area contributed by atoms with Crippen LogP contribution in [0.15, 0.2) is 97.2 Å². The Morgan fingerprint density at radius 2 is 1.57 bits per heavy atom. The van der Waals surface area contributed by atoms with Gasteiger partial charge in [0.25, 0.3) is 0 Å². The normalized spacial score (nSPS) is 15.0. The molecule has 1 aromatic carbocycles. The molecule has 1 aromatic rings. The second-order valence-electron chi connectivity index (χ2n) is 4.32. The van der Waals surface area contributed by atoms with Crippen LogP contribution in [0, 0.1) is 12.8 Å². The average Bonchev–Trinajstić information content (AvgIpc) is 3.21.